The Hall–Kier alpha value is -1.85. The van der Waals surface area contributed by atoms with Gasteiger partial charge in [-0.25, -0.2) is 0 Å². The maximum atomic E-state index is 12.5. The molecule has 0 radical (unpaired) electrons. The van der Waals surface area contributed by atoms with Crippen LogP contribution in [0.2, 0.25) is 0 Å². The minimum Gasteiger partial charge on any atom is -0.493 e. The molecule has 10 heteroatoms. The molecule has 0 amide bonds. The normalized spacial score (nSPS) is 15.0. The first-order valence-electron chi connectivity index (χ1n) is 9.13. The number of aliphatic imine (C=N–C) groups is 1. The van der Waals surface area contributed by atoms with Crippen molar-refractivity contribution in [3.05, 3.63) is 23.8 Å². The summed E-state index contributed by atoms with van der Waals surface area (Å²) in [5.41, 5.74) is 0.837. The van der Waals surface area contributed by atoms with E-state index in [0.717, 1.165) is 24.4 Å². The molecule has 0 aliphatic carbocycles. The van der Waals surface area contributed by atoms with Crippen molar-refractivity contribution >= 4 is 35.9 Å². The Morgan fingerprint density at radius 1 is 1.28 bits per heavy atom. The van der Waals surface area contributed by atoms with E-state index in [1.54, 1.807) is 19.2 Å². The number of alkyl halides is 2. The number of nitrogens with zero attached hydrogens (tertiary/aromatic N) is 2. The van der Waals surface area contributed by atoms with Crippen molar-refractivity contribution < 1.29 is 27.8 Å². The molecule has 0 atom stereocenters. The van der Waals surface area contributed by atoms with E-state index < -0.39 is 6.61 Å². The van der Waals surface area contributed by atoms with Crippen LogP contribution in [0.4, 0.5) is 8.78 Å². The van der Waals surface area contributed by atoms with Gasteiger partial charge in [-0.05, 0) is 37.0 Å². The van der Waals surface area contributed by atoms with E-state index in [0.29, 0.717) is 26.1 Å². The van der Waals surface area contributed by atoms with Crippen LogP contribution in [0.5, 0.6) is 11.5 Å². The lowest BCUT2D eigenvalue weighted by molar-refractivity contribution is -0.146. The van der Waals surface area contributed by atoms with E-state index in [1.807, 2.05) is 6.07 Å². The van der Waals surface area contributed by atoms with Crippen molar-refractivity contribution in [1.29, 1.82) is 0 Å². The molecule has 0 spiro atoms. The van der Waals surface area contributed by atoms with Crippen molar-refractivity contribution in [3.8, 4) is 11.5 Å². The Morgan fingerprint density at radius 3 is 2.52 bits per heavy atom. The summed E-state index contributed by atoms with van der Waals surface area (Å²) in [7, 11) is 4.52. The highest BCUT2D eigenvalue weighted by Crippen LogP contribution is 2.29. The lowest BCUT2D eigenvalue weighted by Gasteiger charge is -2.33. The van der Waals surface area contributed by atoms with Crippen LogP contribution in [0.15, 0.2) is 23.2 Å². The number of hydrogen-bond donors (Lipinski definition) is 1. The number of likely N-dealkylation sites (tertiary alicyclic amines) is 1. The van der Waals surface area contributed by atoms with Gasteiger partial charge in [0.05, 0.1) is 20.1 Å². The number of methoxy groups -OCH3 is 2. The molecule has 7 nitrogen and oxygen atoms in total. The zero-order chi connectivity index (χ0) is 20.5. The van der Waals surface area contributed by atoms with Crippen molar-refractivity contribution in [3.63, 3.8) is 0 Å². The molecular formula is C19H28F2IN3O4. The predicted molar refractivity (Wildman–Crippen MR) is 116 cm³/mol. The number of ether oxygens (including phenoxy) is 3. The van der Waals surface area contributed by atoms with Crippen molar-refractivity contribution in [2.24, 2.45) is 10.9 Å². The maximum absolute atomic E-state index is 12.5. The van der Waals surface area contributed by atoms with Gasteiger partial charge in [0.25, 0.3) is 0 Å². The third-order valence-corrected chi connectivity index (χ3v) is 4.68. The molecule has 0 saturated carbocycles. The van der Waals surface area contributed by atoms with Gasteiger partial charge in [-0.15, -0.1) is 24.0 Å². The number of hydrogen-bond acceptors (Lipinski definition) is 5. The number of esters is 1. The summed E-state index contributed by atoms with van der Waals surface area (Å²) in [4.78, 5) is 18.0. The zero-order valence-electron chi connectivity index (χ0n) is 16.8. The number of piperidine rings is 1. The van der Waals surface area contributed by atoms with Gasteiger partial charge in [0.2, 0.25) is 0 Å². The van der Waals surface area contributed by atoms with E-state index >= 15 is 0 Å². The predicted octanol–water partition coefficient (Wildman–Crippen LogP) is 2.92. The second-order valence-corrected chi connectivity index (χ2v) is 6.37. The van der Waals surface area contributed by atoms with Crippen LogP contribution in [0.25, 0.3) is 0 Å². The molecule has 0 aromatic heterocycles. The number of guanidine groups is 1. The van der Waals surface area contributed by atoms with Gasteiger partial charge < -0.3 is 24.4 Å². The minimum absolute atomic E-state index is 0. The van der Waals surface area contributed by atoms with Gasteiger partial charge in [-0.1, -0.05) is 6.07 Å². The summed E-state index contributed by atoms with van der Waals surface area (Å²) in [6, 6.07) is 4.97. The van der Waals surface area contributed by atoms with Crippen LogP contribution in [0, 0.1) is 5.92 Å². The lowest BCUT2D eigenvalue weighted by atomic mass is 9.97. The van der Waals surface area contributed by atoms with Gasteiger partial charge in [-0.2, -0.15) is 8.78 Å². The molecule has 1 aliphatic heterocycles. The van der Waals surface area contributed by atoms with Crippen LogP contribution in [-0.2, 0) is 16.0 Å². The Morgan fingerprint density at radius 2 is 1.97 bits per heavy atom. The first-order chi connectivity index (χ1) is 13.5. The fourth-order valence-electron chi connectivity index (χ4n) is 3.21. The van der Waals surface area contributed by atoms with Gasteiger partial charge in [0.1, 0.15) is 0 Å². The molecule has 2 rings (SSSR count). The summed E-state index contributed by atoms with van der Waals surface area (Å²) >= 11 is 0. The molecule has 164 valence electrons. The van der Waals surface area contributed by atoms with Gasteiger partial charge >= 0.3 is 12.6 Å². The molecule has 1 fully saturated rings. The number of nitrogens with one attached hydrogen (secondary N) is 1. The van der Waals surface area contributed by atoms with Crippen molar-refractivity contribution in [2.75, 3.05) is 40.9 Å². The Kier molecular flexibility index (Phi) is 11.0. The Bertz CT molecular complexity index is 683. The third kappa shape index (κ3) is 7.48. The van der Waals surface area contributed by atoms with Crippen LogP contribution in [-0.4, -0.2) is 64.3 Å². The van der Waals surface area contributed by atoms with Gasteiger partial charge in [0.15, 0.2) is 17.5 Å². The van der Waals surface area contributed by atoms with Gasteiger partial charge in [0, 0.05) is 26.7 Å². The SMILES string of the molecule is CN=C(NCCc1ccc(OC)c(OC(F)F)c1)N1CCC(C(=O)OC)CC1.I. The highest BCUT2D eigenvalue weighted by molar-refractivity contribution is 14.0. The minimum atomic E-state index is -2.91. The Balaban J connectivity index is 0.00000420. The molecule has 0 unspecified atom stereocenters. The van der Waals surface area contributed by atoms with E-state index in [4.69, 9.17) is 9.47 Å². The quantitative estimate of drug-likeness (QED) is 0.255. The topological polar surface area (TPSA) is 72.4 Å². The summed E-state index contributed by atoms with van der Waals surface area (Å²) in [6.45, 7) is -0.902. The van der Waals surface area contributed by atoms with E-state index in [9.17, 15) is 13.6 Å². The molecule has 1 heterocycles. The maximum Gasteiger partial charge on any atom is 0.387 e. The van der Waals surface area contributed by atoms with E-state index in [1.165, 1.54) is 14.2 Å². The monoisotopic (exact) mass is 527 g/mol. The first-order valence-corrected chi connectivity index (χ1v) is 9.13. The zero-order valence-corrected chi connectivity index (χ0v) is 19.2. The number of carbonyl (C=O) groups is 1. The molecule has 1 aliphatic rings. The number of rotatable bonds is 7. The summed E-state index contributed by atoms with van der Waals surface area (Å²) in [6.07, 6.45) is 2.04. The Labute approximate surface area is 186 Å². The second-order valence-electron chi connectivity index (χ2n) is 6.37. The second kappa shape index (κ2) is 12.7. The van der Waals surface area contributed by atoms with Gasteiger partial charge in [-0.3, -0.25) is 9.79 Å². The smallest absolute Gasteiger partial charge is 0.387 e. The highest BCUT2D eigenvalue weighted by Gasteiger charge is 2.26. The summed E-state index contributed by atoms with van der Waals surface area (Å²) in [5.74, 6) is 0.808. The largest absolute Gasteiger partial charge is 0.493 e. The van der Waals surface area contributed by atoms with Crippen LogP contribution in [0.1, 0.15) is 18.4 Å². The van der Waals surface area contributed by atoms with Crippen molar-refractivity contribution in [2.45, 2.75) is 25.9 Å². The van der Waals surface area contributed by atoms with Crippen LogP contribution < -0.4 is 14.8 Å². The average Bonchev–Trinajstić information content (AvgIpc) is 2.70. The molecule has 1 saturated heterocycles. The van der Waals surface area contributed by atoms with E-state index in [2.05, 4.69) is 19.9 Å². The van der Waals surface area contributed by atoms with Crippen LogP contribution in [0.3, 0.4) is 0 Å². The molecule has 0 bridgehead atoms. The lowest BCUT2D eigenvalue weighted by Crippen LogP contribution is -2.47. The summed E-state index contributed by atoms with van der Waals surface area (Å²) < 4.78 is 39.4. The third-order valence-electron chi connectivity index (χ3n) is 4.68. The summed E-state index contributed by atoms with van der Waals surface area (Å²) in [5, 5.41) is 3.27. The standard InChI is InChI=1S/C19H27F2N3O4.HI/c1-22-19(24-10-7-14(8-11-24)17(25)27-3)23-9-6-13-4-5-15(26-2)16(12-13)28-18(20)21;/h4-5,12,14,18H,6-11H2,1-3H3,(H,22,23);1H. The molecule has 1 aromatic carbocycles. The number of benzene rings is 1. The fourth-order valence-corrected chi connectivity index (χ4v) is 3.21. The van der Waals surface area contributed by atoms with Crippen molar-refractivity contribution in [1.82, 2.24) is 10.2 Å². The molecule has 1 N–H and O–H groups in total. The molecule has 29 heavy (non-hydrogen) atoms. The first kappa shape index (κ1) is 25.2. The highest BCUT2D eigenvalue weighted by atomic mass is 127. The average molecular weight is 527 g/mol. The van der Waals surface area contributed by atoms with E-state index in [-0.39, 0.29) is 47.4 Å². The fraction of sp³-hybridized carbons (Fsp3) is 0.579. The molecular weight excluding hydrogens is 499 g/mol. The number of halogens is 3. The van der Waals surface area contributed by atoms with Crippen LogP contribution >= 0.6 is 24.0 Å². The number of carbonyl (C=O) groups excluding carboxylic acids is 1. The molecule has 1 aromatic rings.